The maximum Gasteiger partial charge on any atom is 0.0657 e. The second-order valence-corrected chi connectivity index (χ2v) is 5.06. The van der Waals surface area contributed by atoms with Crippen LogP contribution in [0.3, 0.4) is 0 Å². The van der Waals surface area contributed by atoms with Gasteiger partial charge in [-0.2, -0.15) is 5.10 Å². The van der Waals surface area contributed by atoms with E-state index in [1.54, 1.807) is 0 Å². The van der Waals surface area contributed by atoms with Crippen molar-refractivity contribution in [2.75, 3.05) is 0 Å². The number of hydrogen-bond acceptors (Lipinski definition) is 3. The van der Waals surface area contributed by atoms with E-state index in [-0.39, 0.29) is 6.04 Å². The summed E-state index contributed by atoms with van der Waals surface area (Å²) in [6.07, 6.45) is 7.05. The van der Waals surface area contributed by atoms with Crippen LogP contribution in [0.2, 0.25) is 0 Å². The first kappa shape index (κ1) is 11.6. The summed E-state index contributed by atoms with van der Waals surface area (Å²) >= 11 is 0. The summed E-state index contributed by atoms with van der Waals surface area (Å²) in [6.45, 7) is 2.34. The van der Waals surface area contributed by atoms with Crippen LogP contribution < -0.4 is 11.3 Å². The molecule has 4 nitrogen and oxygen atoms in total. The second-order valence-electron chi connectivity index (χ2n) is 5.06. The lowest BCUT2D eigenvalue weighted by atomic mass is 9.78. The number of hydrogen-bond donors (Lipinski definition) is 2. The number of aromatic nitrogens is 2. The Kier molecular flexibility index (Phi) is 3.61. The average Bonchev–Trinajstić information content (AvgIpc) is 2.67. The largest absolute Gasteiger partial charge is 0.271 e. The third kappa shape index (κ3) is 2.28. The molecule has 0 spiro atoms. The number of hydrazine groups is 1. The molecule has 0 aliphatic heterocycles. The number of aryl methyl sites for hydroxylation is 1. The molecule has 4 heteroatoms. The lowest BCUT2D eigenvalue weighted by Crippen LogP contribution is -2.36. The van der Waals surface area contributed by atoms with E-state index >= 15 is 0 Å². The number of nitrogens with two attached hydrogens (primary N) is 1. The van der Waals surface area contributed by atoms with Crippen molar-refractivity contribution in [3.05, 3.63) is 18.0 Å². The van der Waals surface area contributed by atoms with Gasteiger partial charge < -0.3 is 0 Å². The van der Waals surface area contributed by atoms with Crippen LogP contribution in [0.5, 0.6) is 0 Å². The van der Waals surface area contributed by atoms with E-state index < -0.39 is 0 Å². The quantitative estimate of drug-likeness (QED) is 0.605. The lowest BCUT2D eigenvalue weighted by Gasteiger charge is -2.32. The van der Waals surface area contributed by atoms with E-state index in [1.165, 1.54) is 31.4 Å². The van der Waals surface area contributed by atoms with Crippen molar-refractivity contribution in [1.29, 1.82) is 0 Å². The number of nitrogens with zero attached hydrogens (tertiary/aromatic N) is 2. The molecule has 1 aromatic heterocycles. The van der Waals surface area contributed by atoms with Crippen molar-refractivity contribution >= 4 is 0 Å². The van der Waals surface area contributed by atoms with Gasteiger partial charge in [0, 0.05) is 13.2 Å². The predicted molar refractivity (Wildman–Crippen MR) is 64.4 cm³/mol. The molecule has 1 fully saturated rings. The van der Waals surface area contributed by atoms with Gasteiger partial charge in [-0.15, -0.1) is 0 Å². The van der Waals surface area contributed by atoms with Crippen LogP contribution in [0.1, 0.15) is 44.3 Å². The van der Waals surface area contributed by atoms with Gasteiger partial charge in [-0.3, -0.25) is 16.0 Å². The Morgan fingerprint density at radius 1 is 1.56 bits per heavy atom. The summed E-state index contributed by atoms with van der Waals surface area (Å²) in [5.41, 5.74) is 4.17. The number of rotatable bonds is 3. The fourth-order valence-electron chi connectivity index (χ4n) is 2.94. The van der Waals surface area contributed by atoms with Gasteiger partial charge in [-0.25, -0.2) is 0 Å². The van der Waals surface area contributed by atoms with Crippen LogP contribution in [0, 0.1) is 11.8 Å². The summed E-state index contributed by atoms with van der Waals surface area (Å²) in [7, 11) is 1.98. The minimum Gasteiger partial charge on any atom is -0.271 e. The first-order chi connectivity index (χ1) is 7.72. The van der Waals surface area contributed by atoms with E-state index in [4.69, 9.17) is 5.84 Å². The number of nitrogens with one attached hydrogen (secondary N) is 1. The Morgan fingerprint density at radius 2 is 2.38 bits per heavy atom. The highest BCUT2D eigenvalue weighted by Gasteiger charge is 2.28. The highest BCUT2D eigenvalue weighted by atomic mass is 15.3. The van der Waals surface area contributed by atoms with Crippen LogP contribution in [0.15, 0.2) is 12.3 Å². The molecule has 16 heavy (non-hydrogen) atoms. The van der Waals surface area contributed by atoms with Crippen LogP contribution >= 0.6 is 0 Å². The zero-order chi connectivity index (χ0) is 11.5. The molecule has 0 saturated heterocycles. The van der Waals surface area contributed by atoms with E-state index in [1.807, 2.05) is 17.9 Å². The molecule has 2 rings (SSSR count). The Morgan fingerprint density at radius 3 is 2.94 bits per heavy atom. The molecule has 0 bridgehead atoms. The molecule has 1 aromatic rings. The Hall–Kier alpha value is -0.870. The van der Waals surface area contributed by atoms with Gasteiger partial charge in [0.1, 0.15) is 0 Å². The van der Waals surface area contributed by atoms with E-state index in [2.05, 4.69) is 23.5 Å². The van der Waals surface area contributed by atoms with Gasteiger partial charge in [-0.05, 0) is 30.7 Å². The zero-order valence-corrected chi connectivity index (χ0v) is 10.2. The second kappa shape index (κ2) is 4.97. The molecule has 3 N–H and O–H groups in total. The van der Waals surface area contributed by atoms with Crippen LogP contribution in [0.25, 0.3) is 0 Å². The third-order valence-electron chi connectivity index (χ3n) is 3.81. The van der Waals surface area contributed by atoms with Gasteiger partial charge in [0.25, 0.3) is 0 Å². The van der Waals surface area contributed by atoms with E-state index in [0.717, 1.165) is 5.92 Å². The molecule has 1 saturated carbocycles. The van der Waals surface area contributed by atoms with E-state index in [0.29, 0.717) is 5.92 Å². The first-order valence-electron chi connectivity index (χ1n) is 6.16. The molecule has 1 heterocycles. The first-order valence-corrected chi connectivity index (χ1v) is 6.16. The smallest absolute Gasteiger partial charge is 0.0657 e. The van der Waals surface area contributed by atoms with Gasteiger partial charge in [0.2, 0.25) is 0 Å². The summed E-state index contributed by atoms with van der Waals surface area (Å²) in [5, 5.41) is 4.22. The third-order valence-corrected chi connectivity index (χ3v) is 3.81. The summed E-state index contributed by atoms with van der Waals surface area (Å²) in [6, 6.07) is 2.30. The molecule has 0 amide bonds. The summed E-state index contributed by atoms with van der Waals surface area (Å²) < 4.78 is 1.92. The van der Waals surface area contributed by atoms with Gasteiger partial charge in [0.05, 0.1) is 11.7 Å². The van der Waals surface area contributed by atoms with Crippen molar-refractivity contribution in [3.63, 3.8) is 0 Å². The molecular weight excluding hydrogens is 200 g/mol. The maximum atomic E-state index is 5.72. The molecule has 0 aromatic carbocycles. The minimum atomic E-state index is 0.246. The minimum absolute atomic E-state index is 0.246. The summed E-state index contributed by atoms with van der Waals surface area (Å²) in [5.74, 6) is 7.18. The zero-order valence-electron chi connectivity index (χ0n) is 10.2. The molecule has 3 unspecified atom stereocenters. The van der Waals surface area contributed by atoms with Crippen molar-refractivity contribution in [3.8, 4) is 0 Å². The van der Waals surface area contributed by atoms with Crippen LogP contribution in [-0.4, -0.2) is 9.78 Å². The Balaban J connectivity index is 2.13. The molecule has 0 radical (unpaired) electrons. The van der Waals surface area contributed by atoms with Gasteiger partial charge >= 0.3 is 0 Å². The molecular formula is C12H22N4. The fourth-order valence-corrected chi connectivity index (χ4v) is 2.94. The predicted octanol–water partition coefficient (Wildman–Crippen LogP) is 1.75. The summed E-state index contributed by atoms with van der Waals surface area (Å²) in [4.78, 5) is 0. The maximum absolute atomic E-state index is 5.72. The Bertz CT molecular complexity index is 334. The normalized spacial score (nSPS) is 27.9. The molecule has 3 atom stereocenters. The monoisotopic (exact) mass is 222 g/mol. The van der Waals surface area contributed by atoms with Crippen molar-refractivity contribution in [2.24, 2.45) is 24.7 Å². The fraction of sp³-hybridized carbons (Fsp3) is 0.750. The standard InChI is InChI=1S/C12H22N4/c1-9-4-3-5-10(8-9)12(15-13)11-6-7-14-16(11)2/h6-7,9-10,12,15H,3-5,8,13H2,1-2H3. The van der Waals surface area contributed by atoms with Gasteiger partial charge in [0.15, 0.2) is 0 Å². The lowest BCUT2D eigenvalue weighted by molar-refractivity contribution is 0.218. The van der Waals surface area contributed by atoms with Crippen molar-refractivity contribution < 1.29 is 0 Å². The highest BCUT2D eigenvalue weighted by molar-refractivity contribution is 5.08. The van der Waals surface area contributed by atoms with Crippen LogP contribution in [-0.2, 0) is 7.05 Å². The average molecular weight is 222 g/mol. The molecule has 1 aliphatic carbocycles. The molecule has 1 aliphatic rings. The molecule has 90 valence electrons. The van der Waals surface area contributed by atoms with Gasteiger partial charge in [-0.1, -0.05) is 19.8 Å². The van der Waals surface area contributed by atoms with E-state index in [9.17, 15) is 0 Å². The Labute approximate surface area is 97.2 Å². The van der Waals surface area contributed by atoms with Crippen molar-refractivity contribution in [2.45, 2.75) is 38.6 Å². The highest BCUT2D eigenvalue weighted by Crippen LogP contribution is 2.36. The van der Waals surface area contributed by atoms with Crippen LogP contribution in [0.4, 0.5) is 0 Å². The SMILES string of the molecule is CC1CCCC(C(NN)c2ccnn2C)C1. The van der Waals surface area contributed by atoms with Crippen molar-refractivity contribution in [1.82, 2.24) is 15.2 Å². The topological polar surface area (TPSA) is 55.9 Å².